The van der Waals surface area contributed by atoms with Crippen LogP contribution in [0.15, 0.2) is 18.2 Å². The fraction of sp³-hybridized carbons (Fsp3) is 0.500. The average molecular weight is 247 g/mol. The summed E-state index contributed by atoms with van der Waals surface area (Å²) in [5, 5.41) is 6.72. The Hall–Kier alpha value is -1.55. The van der Waals surface area contributed by atoms with Gasteiger partial charge in [0.1, 0.15) is 0 Å². The number of anilines is 1. The van der Waals surface area contributed by atoms with Crippen LogP contribution in [0.4, 0.5) is 5.69 Å². The van der Waals surface area contributed by atoms with E-state index in [2.05, 4.69) is 28.8 Å². The zero-order valence-electron chi connectivity index (χ0n) is 11.0. The van der Waals surface area contributed by atoms with Crippen molar-refractivity contribution < 1.29 is 4.79 Å². The summed E-state index contributed by atoms with van der Waals surface area (Å²) in [5.41, 5.74) is 8.72. The van der Waals surface area contributed by atoms with Gasteiger partial charge in [-0.15, -0.1) is 0 Å². The molecule has 0 atom stereocenters. The lowest BCUT2D eigenvalue weighted by Crippen LogP contribution is -2.40. The first kappa shape index (κ1) is 12.9. The van der Waals surface area contributed by atoms with Crippen molar-refractivity contribution in [1.29, 1.82) is 0 Å². The van der Waals surface area contributed by atoms with Crippen molar-refractivity contribution in [2.75, 3.05) is 18.4 Å². The van der Waals surface area contributed by atoms with Crippen LogP contribution >= 0.6 is 0 Å². The van der Waals surface area contributed by atoms with Crippen LogP contribution in [0.2, 0.25) is 0 Å². The minimum absolute atomic E-state index is 0.272. The number of para-hydroxylation sites is 1. The molecule has 0 fully saturated rings. The van der Waals surface area contributed by atoms with Crippen molar-refractivity contribution in [1.82, 2.24) is 5.32 Å². The lowest BCUT2D eigenvalue weighted by molar-refractivity contribution is -0.125. The number of nitrogens with one attached hydrogen (secondary N) is 2. The second kappa shape index (κ2) is 4.98. The Morgan fingerprint density at radius 1 is 1.50 bits per heavy atom. The number of nitrogens with two attached hydrogens (primary N) is 1. The molecule has 0 bridgehead atoms. The molecule has 4 nitrogen and oxygen atoms in total. The highest BCUT2D eigenvalue weighted by Crippen LogP contribution is 2.26. The molecule has 4 heteroatoms. The topological polar surface area (TPSA) is 67.2 Å². The van der Waals surface area contributed by atoms with Gasteiger partial charge in [-0.25, -0.2) is 0 Å². The number of amides is 1. The molecule has 0 aromatic heterocycles. The van der Waals surface area contributed by atoms with E-state index in [1.165, 1.54) is 16.8 Å². The first-order valence-corrected chi connectivity index (χ1v) is 6.36. The molecule has 0 saturated heterocycles. The predicted molar refractivity (Wildman–Crippen MR) is 73.3 cm³/mol. The zero-order chi connectivity index (χ0) is 13.2. The summed E-state index contributed by atoms with van der Waals surface area (Å²) >= 11 is 0. The molecule has 0 aliphatic carbocycles. The van der Waals surface area contributed by atoms with Crippen molar-refractivity contribution in [2.24, 2.45) is 11.1 Å². The van der Waals surface area contributed by atoms with Crippen molar-refractivity contribution in [3.8, 4) is 0 Å². The Kier molecular flexibility index (Phi) is 3.57. The van der Waals surface area contributed by atoms with Gasteiger partial charge >= 0.3 is 0 Å². The third-order valence-electron chi connectivity index (χ3n) is 3.48. The van der Waals surface area contributed by atoms with Crippen LogP contribution in [-0.2, 0) is 17.8 Å². The maximum absolute atomic E-state index is 11.2. The Labute approximate surface area is 108 Å². The summed E-state index contributed by atoms with van der Waals surface area (Å²) in [6.07, 6.45) is 1.09. The van der Waals surface area contributed by atoms with Crippen LogP contribution in [0, 0.1) is 5.41 Å². The standard InChI is InChI=1S/C14H21N3O/c1-14(2,13(15)18)9-16-8-11-5-3-4-10-6-7-17-12(10)11/h3-5,16-17H,6-9H2,1-2H3,(H2,15,18). The van der Waals surface area contributed by atoms with Gasteiger partial charge in [0, 0.05) is 25.3 Å². The van der Waals surface area contributed by atoms with E-state index in [0.717, 1.165) is 19.5 Å². The molecule has 1 heterocycles. The van der Waals surface area contributed by atoms with Gasteiger partial charge in [0.15, 0.2) is 0 Å². The second-order valence-corrected chi connectivity index (χ2v) is 5.48. The summed E-state index contributed by atoms with van der Waals surface area (Å²) in [6, 6.07) is 6.36. The Balaban J connectivity index is 1.96. The summed E-state index contributed by atoms with van der Waals surface area (Å²) in [7, 11) is 0. The molecule has 18 heavy (non-hydrogen) atoms. The van der Waals surface area contributed by atoms with Gasteiger partial charge in [-0.05, 0) is 31.4 Å². The Morgan fingerprint density at radius 3 is 3.00 bits per heavy atom. The second-order valence-electron chi connectivity index (χ2n) is 5.48. The molecule has 98 valence electrons. The molecule has 1 aromatic carbocycles. The predicted octanol–water partition coefficient (Wildman–Crippen LogP) is 1.26. The molecule has 1 amide bonds. The van der Waals surface area contributed by atoms with Gasteiger partial charge < -0.3 is 16.4 Å². The lowest BCUT2D eigenvalue weighted by Gasteiger charge is -2.21. The number of carbonyl (C=O) groups is 1. The summed E-state index contributed by atoms with van der Waals surface area (Å²) in [4.78, 5) is 11.2. The first-order valence-electron chi connectivity index (χ1n) is 6.36. The summed E-state index contributed by atoms with van der Waals surface area (Å²) in [5.74, 6) is -0.272. The largest absolute Gasteiger partial charge is 0.384 e. The molecule has 1 aliphatic heterocycles. The molecule has 0 unspecified atom stereocenters. The first-order chi connectivity index (χ1) is 8.50. The van der Waals surface area contributed by atoms with Crippen LogP contribution in [0.25, 0.3) is 0 Å². The minimum Gasteiger partial charge on any atom is -0.384 e. The van der Waals surface area contributed by atoms with Crippen LogP contribution in [0.1, 0.15) is 25.0 Å². The number of hydrogen-bond acceptors (Lipinski definition) is 3. The van der Waals surface area contributed by atoms with E-state index in [-0.39, 0.29) is 5.91 Å². The smallest absolute Gasteiger partial charge is 0.224 e. The molecule has 2 rings (SSSR count). The molecule has 0 radical (unpaired) electrons. The highest BCUT2D eigenvalue weighted by molar-refractivity contribution is 5.80. The van der Waals surface area contributed by atoms with Gasteiger partial charge in [0.05, 0.1) is 5.41 Å². The normalized spacial score (nSPS) is 14.1. The fourth-order valence-corrected chi connectivity index (χ4v) is 2.15. The number of carbonyl (C=O) groups excluding carboxylic acids is 1. The van der Waals surface area contributed by atoms with E-state index in [1.54, 1.807) is 0 Å². The number of primary amides is 1. The molecule has 1 aromatic rings. The van der Waals surface area contributed by atoms with Gasteiger partial charge in [-0.3, -0.25) is 4.79 Å². The maximum Gasteiger partial charge on any atom is 0.224 e. The Bertz CT molecular complexity index is 454. The van der Waals surface area contributed by atoms with Gasteiger partial charge in [-0.1, -0.05) is 18.2 Å². The number of hydrogen-bond donors (Lipinski definition) is 3. The van der Waals surface area contributed by atoms with E-state index >= 15 is 0 Å². The SMILES string of the molecule is CC(C)(CNCc1cccc2c1NCC2)C(N)=O. The molecular weight excluding hydrogens is 226 g/mol. The third-order valence-corrected chi connectivity index (χ3v) is 3.48. The van der Waals surface area contributed by atoms with E-state index in [1.807, 2.05) is 13.8 Å². The van der Waals surface area contributed by atoms with Crippen molar-refractivity contribution in [3.63, 3.8) is 0 Å². The molecule has 1 aliphatic rings. The monoisotopic (exact) mass is 247 g/mol. The zero-order valence-corrected chi connectivity index (χ0v) is 11.0. The lowest BCUT2D eigenvalue weighted by atomic mass is 9.92. The van der Waals surface area contributed by atoms with Gasteiger partial charge in [0.25, 0.3) is 0 Å². The van der Waals surface area contributed by atoms with E-state index < -0.39 is 5.41 Å². The van der Waals surface area contributed by atoms with E-state index in [9.17, 15) is 4.79 Å². The summed E-state index contributed by atoms with van der Waals surface area (Å²) < 4.78 is 0. The van der Waals surface area contributed by atoms with Crippen LogP contribution < -0.4 is 16.4 Å². The Morgan fingerprint density at radius 2 is 2.28 bits per heavy atom. The highest BCUT2D eigenvalue weighted by atomic mass is 16.1. The third kappa shape index (κ3) is 2.64. The molecular formula is C14H21N3O. The molecule has 4 N–H and O–H groups in total. The highest BCUT2D eigenvalue weighted by Gasteiger charge is 2.24. The average Bonchev–Trinajstić information content (AvgIpc) is 2.77. The van der Waals surface area contributed by atoms with Gasteiger partial charge in [0.2, 0.25) is 5.91 Å². The minimum atomic E-state index is -0.509. The number of rotatable bonds is 5. The van der Waals surface area contributed by atoms with E-state index in [4.69, 9.17) is 5.73 Å². The maximum atomic E-state index is 11.2. The fourth-order valence-electron chi connectivity index (χ4n) is 2.15. The molecule has 0 saturated carbocycles. The van der Waals surface area contributed by atoms with Crippen LogP contribution in [0.5, 0.6) is 0 Å². The van der Waals surface area contributed by atoms with Crippen molar-refractivity contribution >= 4 is 11.6 Å². The van der Waals surface area contributed by atoms with Gasteiger partial charge in [-0.2, -0.15) is 0 Å². The van der Waals surface area contributed by atoms with E-state index in [0.29, 0.717) is 6.54 Å². The number of fused-ring (bicyclic) bond motifs is 1. The number of benzene rings is 1. The summed E-state index contributed by atoms with van der Waals surface area (Å²) in [6.45, 7) is 6.07. The van der Waals surface area contributed by atoms with Crippen molar-refractivity contribution in [3.05, 3.63) is 29.3 Å². The van der Waals surface area contributed by atoms with Crippen molar-refractivity contribution in [2.45, 2.75) is 26.8 Å². The van der Waals surface area contributed by atoms with Crippen LogP contribution in [0.3, 0.4) is 0 Å². The molecule has 0 spiro atoms. The quantitative estimate of drug-likeness (QED) is 0.733. The van der Waals surface area contributed by atoms with Crippen LogP contribution in [-0.4, -0.2) is 19.0 Å².